The molecule has 2 N–H and O–H groups in total. The summed E-state index contributed by atoms with van der Waals surface area (Å²) in [4.78, 5) is 0.269. The molecule has 1 heterocycles. The number of aryl methyl sites for hydroxylation is 1. The summed E-state index contributed by atoms with van der Waals surface area (Å²) in [5.41, 5.74) is 5.95. The highest BCUT2D eigenvalue weighted by Crippen LogP contribution is 2.12. The molecule has 5 heteroatoms. The molecule has 0 unspecified atom stereocenters. The van der Waals surface area contributed by atoms with Crippen molar-refractivity contribution in [2.75, 3.05) is 0 Å². The molecule has 0 atom stereocenters. The van der Waals surface area contributed by atoms with Gasteiger partial charge in [-0.2, -0.15) is 5.10 Å². The first-order chi connectivity index (χ1) is 4.63. The fraction of sp³-hybridized carbons (Fsp3) is 0.200. The maximum atomic E-state index is 5.69. The summed E-state index contributed by atoms with van der Waals surface area (Å²) in [5.74, 6) is 0. The maximum Gasteiger partial charge on any atom is 0.123 e. The van der Waals surface area contributed by atoms with E-state index in [2.05, 4.69) is 5.10 Å². The van der Waals surface area contributed by atoms with Crippen LogP contribution in [0.3, 0.4) is 0 Å². The molecule has 54 valence electrons. The van der Waals surface area contributed by atoms with Gasteiger partial charge in [-0.05, 0) is 0 Å². The predicted octanol–water partition coefficient (Wildman–Crippen LogP) is 0.708. The molecule has 0 bridgehead atoms. The molecule has 10 heavy (non-hydrogen) atoms. The van der Waals surface area contributed by atoms with Gasteiger partial charge in [-0.1, -0.05) is 23.8 Å². The van der Waals surface area contributed by atoms with E-state index in [4.69, 9.17) is 29.6 Å². The van der Waals surface area contributed by atoms with Gasteiger partial charge in [0.05, 0.1) is 11.2 Å². The largest absolute Gasteiger partial charge is 0.388 e. The summed E-state index contributed by atoms with van der Waals surface area (Å²) in [6.07, 6.45) is 1.51. The van der Waals surface area contributed by atoms with Crippen molar-refractivity contribution in [3.8, 4) is 0 Å². The number of hydrogen-bond acceptors (Lipinski definition) is 2. The van der Waals surface area contributed by atoms with E-state index in [9.17, 15) is 0 Å². The molecule has 0 radical (unpaired) electrons. The zero-order valence-electron chi connectivity index (χ0n) is 5.34. The average Bonchev–Trinajstić information content (AvgIpc) is 2.11. The first-order valence-corrected chi connectivity index (χ1v) is 3.39. The van der Waals surface area contributed by atoms with Crippen molar-refractivity contribution in [1.29, 1.82) is 0 Å². The lowest BCUT2D eigenvalue weighted by Crippen LogP contribution is -2.14. The Morgan fingerprint density at radius 3 is 2.70 bits per heavy atom. The Morgan fingerprint density at radius 1 is 1.90 bits per heavy atom. The van der Waals surface area contributed by atoms with Crippen LogP contribution < -0.4 is 5.73 Å². The second-order valence-electron chi connectivity index (χ2n) is 1.83. The normalized spacial score (nSPS) is 9.80. The summed E-state index contributed by atoms with van der Waals surface area (Å²) in [6.45, 7) is 0. The molecule has 1 rings (SSSR count). The molecule has 0 amide bonds. The SMILES string of the molecule is Cn1ncc(Cl)c1C(N)=S. The number of aromatic nitrogens is 2. The smallest absolute Gasteiger partial charge is 0.123 e. The van der Waals surface area contributed by atoms with E-state index in [1.54, 1.807) is 11.7 Å². The van der Waals surface area contributed by atoms with Crippen LogP contribution in [0.4, 0.5) is 0 Å². The van der Waals surface area contributed by atoms with Gasteiger partial charge in [-0.15, -0.1) is 0 Å². The van der Waals surface area contributed by atoms with Crippen molar-refractivity contribution in [3.63, 3.8) is 0 Å². The number of nitrogens with two attached hydrogens (primary N) is 1. The minimum absolute atomic E-state index is 0.269. The molecule has 0 spiro atoms. The van der Waals surface area contributed by atoms with Crippen LogP contribution in [0.25, 0.3) is 0 Å². The van der Waals surface area contributed by atoms with E-state index in [0.717, 1.165) is 0 Å². The topological polar surface area (TPSA) is 43.8 Å². The molecule has 1 aromatic heterocycles. The molecule has 0 aliphatic heterocycles. The Morgan fingerprint density at radius 2 is 2.50 bits per heavy atom. The van der Waals surface area contributed by atoms with Gasteiger partial charge >= 0.3 is 0 Å². The van der Waals surface area contributed by atoms with Crippen LogP contribution in [-0.4, -0.2) is 14.8 Å². The Hall–Kier alpha value is -0.610. The molecule has 3 nitrogen and oxygen atoms in total. The van der Waals surface area contributed by atoms with E-state index in [1.807, 2.05) is 0 Å². The van der Waals surface area contributed by atoms with Crippen molar-refractivity contribution >= 4 is 28.8 Å². The van der Waals surface area contributed by atoms with Crippen LogP contribution in [0.15, 0.2) is 6.20 Å². The highest BCUT2D eigenvalue weighted by atomic mass is 35.5. The van der Waals surface area contributed by atoms with Crippen molar-refractivity contribution in [3.05, 3.63) is 16.9 Å². The first kappa shape index (κ1) is 7.50. The minimum Gasteiger partial charge on any atom is -0.388 e. The first-order valence-electron chi connectivity index (χ1n) is 2.60. The van der Waals surface area contributed by atoms with Gasteiger partial charge in [0, 0.05) is 7.05 Å². The van der Waals surface area contributed by atoms with E-state index in [0.29, 0.717) is 10.7 Å². The van der Waals surface area contributed by atoms with Gasteiger partial charge in [0.15, 0.2) is 0 Å². The lowest BCUT2D eigenvalue weighted by molar-refractivity contribution is 0.760. The molecule has 0 saturated heterocycles. The third-order valence-corrected chi connectivity index (χ3v) is 1.60. The zero-order valence-corrected chi connectivity index (χ0v) is 6.91. The highest BCUT2D eigenvalue weighted by molar-refractivity contribution is 7.80. The molecule has 0 saturated carbocycles. The maximum absolute atomic E-state index is 5.69. The van der Waals surface area contributed by atoms with Crippen LogP contribution in [0.1, 0.15) is 5.69 Å². The highest BCUT2D eigenvalue weighted by Gasteiger charge is 2.07. The van der Waals surface area contributed by atoms with Gasteiger partial charge in [-0.25, -0.2) is 0 Å². The number of rotatable bonds is 1. The van der Waals surface area contributed by atoms with Crippen molar-refractivity contribution < 1.29 is 0 Å². The summed E-state index contributed by atoms with van der Waals surface area (Å²) >= 11 is 10.4. The Kier molecular flexibility index (Phi) is 1.92. The summed E-state index contributed by atoms with van der Waals surface area (Å²) in [7, 11) is 1.74. The van der Waals surface area contributed by atoms with Crippen LogP contribution >= 0.6 is 23.8 Å². The van der Waals surface area contributed by atoms with E-state index in [-0.39, 0.29) is 4.99 Å². The fourth-order valence-electron chi connectivity index (χ4n) is 0.688. The molecule has 0 fully saturated rings. The van der Waals surface area contributed by atoms with Crippen LogP contribution in [0.2, 0.25) is 5.02 Å². The van der Waals surface area contributed by atoms with Crippen LogP contribution in [-0.2, 0) is 7.05 Å². The molecular formula is C5H6ClN3S. The predicted molar refractivity (Wildman–Crippen MR) is 44.1 cm³/mol. The third kappa shape index (κ3) is 1.12. The summed E-state index contributed by atoms with van der Waals surface area (Å²) in [6, 6.07) is 0. The lowest BCUT2D eigenvalue weighted by Gasteiger charge is -1.97. The van der Waals surface area contributed by atoms with Crippen LogP contribution in [0, 0.1) is 0 Å². The van der Waals surface area contributed by atoms with Crippen molar-refractivity contribution in [2.24, 2.45) is 12.8 Å². The molecule has 0 aromatic carbocycles. The van der Waals surface area contributed by atoms with E-state index < -0.39 is 0 Å². The van der Waals surface area contributed by atoms with Gasteiger partial charge in [0.25, 0.3) is 0 Å². The number of hydrogen-bond donors (Lipinski definition) is 1. The van der Waals surface area contributed by atoms with E-state index in [1.165, 1.54) is 6.20 Å². The lowest BCUT2D eigenvalue weighted by atomic mass is 10.4. The molecular weight excluding hydrogens is 170 g/mol. The average molecular weight is 176 g/mol. The van der Waals surface area contributed by atoms with Gasteiger partial charge in [-0.3, -0.25) is 4.68 Å². The van der Waals surface area contributed by atoms with Gasteiger partial charge in [0.1, 0.15) is 10.7 Å². The van der Waals surface area contributed by atoms with Crippen LogP contribution in [0.5, 0.6) is 0 Å². The van der Waals surface area contributed by atoms with Crippen molar-refractivity contribution in [2.45, 2.75) is 0 Å². The second kappa shape index (κ2) is 2.56. The molecule has 0 aliphatic rings. The number of halogens is 1. The molecule has 1 aromatic rings. The standard InChI is InChI=1S/C5H6ClN3S/c1-9-4(5(7)10)3(6)2-8-9/h2H,1H3,(H2,7,10). The van der Waals surface area contributed by atoms with Gasteiger partial charge in [0.2, 0.25) is 0 Å². The summed E-state index contributed by atoms with van der Waals surface area (Å²) < 4.78 is 1.55. The zero-order chi connectivity index (χ0) is 7.72. The Bertz CT molecular complexity index is 248. The minimum atomic E-state index is 0.269. The van der Waals surface area contributed by atoms with Crippen molar-refractivity contribution in [1.82, 2.24) is 9.78 Å². The monoisotopic (exact) mass is 175 g/mol. The number of thiocarbonyl (C=S) groups is 1. The fourth-order valence-corrected chi connectivity index (χ4v) is 1.25. The second-order valence-corrected chi connectivity index (χ2v) is 2.68. The third-order valence-electron chi connectivity index (χ3n) is 1.13. The van der Waals surface area contributed by atoms with E-state index >= 15 is 0 Å². The quantitative estimate of drug-likeness (QED) is 0.640. The summed E-state index contributed by atoms with van der Waals surface area (Å²) in [5, 5.41) is 4.35. The Balaban J connectivity index is 3.23. The molecule has 0 aliphatic carbocycles. The van der Waals surface area contributed by atoms with Gasteiger partial charge < -0.3 is 5.73 Å². The number of nitrogens with zero attached hydrogens (tertiary/aromatic N) is 2. The Labute approximate surface area is 68.8 Å².